The third-order valence-corrected chi connectivity index (χ3v) is 4.59. The van der Waals surface area contributed by atoms with Gasteiger partial charge in [0.1, 0.15) is 0 Å². The number of aliphatic hydroxyl groups is 1. The average molecular weight is 383 g/mol. The van der Waals surface area contributed by atoms with Gasteiger partial charge in [0.2, 0.25) is 5.28 Å². The van der Waals surface area contributed by atoms with Gasteiger partial charge in [-0.25, -0.2) is 9.97 Å². The second kappa shape index (κ2) is 6.12. The van der Waals surface area contributed by atoms with Crippen LogP contribution in [0.15, 0.2) is 24.5 Å². The van der Waals surface area contributed by atoms with Gasteiger partial charge in [-0.1, -0.05) is 23.2 Å². The number of benzene rings is 1. The van der Waals surface area contributed by atoms with Gasteiger partial charge in [-0.15, -0.1) is 0 Å². The van der Waals surface area contributed by atoms with Crippen LogP contribution >= 0.6 is 34.8 Å². The molecule has 0 amide bonds. The van der Waals surface area contributed by atoms with E-state index in [9.17, 15) is 5.11 Å². The van der Waals surface area contributed by atoms with E-state index in [1.165, 1.54) is 6.20 Å². The maximum Gasteiger partial charge on any atom is 0.222 e. The van der Waals surface area contributed by atoms with Gasteiger partial charge < -0.3 is 5.11 Å². The zero-order valence-corrected chi connectivity index (χ0v) is 15.5. The number of aromatic nitrogens is 3. The Bertz CT molecular complexity index is 952. The lowest BCUT2D eigenvalue weighted by Crippen LogP contribution is -2.17. The highest BCUT2D eigenvalue weighted by Crippen LogP contribution is 2.36. The first-order valence-corrected chi connectivity index (χ1v) is 8.32. The van der Waals surface area contributed by atoms with Crippen LogP contribution in [0, 0.1) is 6.92 Å². The summed E-state index contributed by atoms with van der Waals surface area (Å²) in [4.78, 5) is 12.4. The maximum atomic E-state index is 10.3. The van der Waals surface area contributed by atoms with E-state index >= 15 is 0 Å². The third-order valence-electron chi connectivity index (χ3n) is 3.84. The zero-order chi connectivity index (χ0) is 17.6. The summed E-state index contributed by atoms with van der Waals surface area (Å²) in [5, 5.41) is 12.1. The Morgan fingerprint density at radius 3 is 2.38 bits per heavy atom. The lowest BCUT2D eigenvalue weighted by Gasteiger charge is -2.21. The minimum atomic E-state index is -1.01. The fourth-order valence-electron chi connectivity index (χ4n) is 2.69. The number of hydrogen-bond acceptors (Lipinski definition) is 4. The van der Waals surface area contributed by atoms with Gasteiger partial charge in [0.05, 0.1) is 33.1 Å². The summed E-state index contributed by atoms with van der Waals surface area (Å²) in [6.45, 7) is 5.36. The molecule has 3 aromatic rings. The van der Waals surface area contributed by atoms with Crippen LogP contribution in [-0.4, -0.2) is 20.1 Å². The Labute approximate surface area is 154 Å². The van der Waals surface area contributed by atoms with E-state index in [4.69, 9.17) is 34.8 Å². The van der Waals surface area contributed by atoms with Crippen LogP contribution in [0.2, 0.25) is 15.3 Å². The normalized spacial score (nSPS) is 12.0. The van der Waals surface area contributed by atoms with Crippen molar-refractivity contribution in [3.8, 4) is 11.3 Å². The van der Waals surface area contributed by atoms with Crippen molar-refractivity contribution in [1.82, 2.24) is 15.0 Å². The maximum absolute atomic E-state index is 10.3. The number of hydrogen-bond donors (Lipinski definition) is 1. The predicted molar refractivity (Wildman–Crippen MR) is 97.8 cm³/mol. The molecule has 0 aliphatic heterocycles. The largest absolute Gasteiger partial charge is 0.386 e. The quantitative estimate of drug-likeness (QED) is 0.620. The second-order valence-corrected chi connectivity index (χ2v) is 7.20. The third kappa shape index (κ3) is 3.07. The molecule has 1 aromatic carbocycles. The van der Waals surface area contributed by atoms with Crippen LogP contribution in [0.4, 0.5) is 0 Å². The van der Waals surface area contributed by atoms with E-state index in [1.54, 1.807) is 26.1 Å². The van der Waals surface area contributed by atoms with Crippen molar-refractivity contribution in [3.63, 3.8) is 0 Å². The van der Waals surface area contributed by atoms with Gasteiger partial charge in [0.25, 0.3) is 0 Å². The van der Waals surface area contributed by atoms with Gasteiger partial charge in [-0.3, -0.25) is 4.98 Å². The first kappa shape index (κ1) is 17.4. The highest BCUT2D eigenvalue weighted by Gasteiger charge is 2.21. The molecule has 0 atom stereocenters. The molecule has 0 aliphatic carbocycles. The van der Waals surface area contributed by atoms with E-state index in [0.717, 1.165) is 16.5 Å². The average Bonchev–Trinajstić information content (AvgIpc) is 2.49. The van der Waals surface area contributed by atoms with Crippen LogP contribution in [0.5, 0.6) is 0 Å². The minimum Gasteiger partial charge on any atom is -0.386 e. The molecule has 0 spiro atoms. The van der Waals surface area contributed by atoms with Gasteiger partial charge >= 0.3 is 0 Å². The number of aryl methyl sites for hydroxylation is 1. The zero-order valence-electron chi connectivity index (χ0n) is 13.2. The molecule has 2 heterocycles. The van der Waals surface area contributed by atoms with E-state index in [0.29, 0.717) is 26.8 Å². The van der Waals surface area contributed by atoms with Crippen molar-refractivity contribution in [2.75, 3.05) is 0 Å². The second-order valence-electron chi connectivity index (χ2n) is 6.05. The number of nitrogens with zero attached hydrogens (tertiary/aromatic N) is 3. The van der Waals surface area contributed by atoms with E-state index in [1.807, 2.05) is 13.0 Å². The van der Waals surface area contributed by atoms with Crippen LogP contribution in [0.1, 0.15) is 25.0 Å². The molecule has 0 unspecified atom stereocenters. The van der Waals surface area contributed by atoms with E-state index in [2.05, 4.69) is 15.0 Å². The smallest absolute Gasteiger partial charge is 0.222 e. The Kier molecular flexibility index (Phi) is 4.43. The molecule has 4 nitrogen and oxygen atoms in total. The Hall–Kier alpha value is -1.46. The van der Waals surface area contributed by atoms with Crippen molar-refractivity contribution in [2.45, 2.75) is 26.4 Å². The fourth-order valence-corrected chi connectivity index (χ4v) is 3.29. The molecule has 0 aliphatic rings. The molecule has 7 heteroatoms. The highest BCUT2D eigenvalue weighted by molar-refractivity contribution is 6.36. The molecule has 124 valence electrons. The highest BCUT2D eigenvalue weighted by atomic mass is 35.5. The Morgan fingerprint density at radius 2 is 1.71 bits per heavy atom. The van der Waals surface area contributed by atoms with Crippen LogP contribution in [0.25, 0.3) is 22.2 Å². The molecule has 3 rings (SSSR count). The number of fused-ring (bicyclic) bond motifs is 1. The number of halogens is 3. The SMILES string of the molecule is Cc1c(C(C)(C)O)cnc2c(Cl)cc(-c3nc(Cl)ncc3Cl)cc12. The van der Waals surface area contributed by atoms with Crippen molar-refractivity contribution in [3.05, 3.63) is 51.0 Å². The summed E-state index contributed by atoms with van der Waals surface area (Å²) in [5.74, 6) is 0. The molecule has 0 radical (unpaired) electrons. The van der Waals surface area contributed by atoms with Gasteiger partial charge in [-0.2, -0.15) is 0 Å². The fraction of sp³-hybridized carbons (Fsp3) is 0.235. The number of pyridine rings is 1. The molecule has 0 saturated carbocycles. The van der Waals surface area contributed by atoms with E-state index < -0.39 is 5.60 Å². The molecule has 0 bridgehead atoms. The summed E-state index contributed by atoms with van der Waals surface area (Å²) in [6.07, 6.45) is 3.10. The van der Waals surface area contributed by atoms with Crippen LogP contribution < -0.4 is 0 Å². The number of rotatable bonds is 2. The van der Waals surface area contributed by atoms with Gasteiger partial charge in [0.15, 0.2) is 0 Å². The Morgan fingerprint density at radius 1 is 1.00 bits per heavy atom. The van der Waals surface area contributed by atoms with Crippen LogP contribution in [0.3, 0.4) is 0 Å². The molecule has 24 heavy (non-hydrogen) atoms. The summed E-state index contributed by atoms with van der Waals surface area (Å²) in [6, 6.07) is 3.63. The topological polar surface area (TPSA) is 58.9 Å². The lowest BCUT2D eigenvalue weighted by molar-refractivity contribution is 0.0777. The van der Waals surface area contributed by atoms with Crippen molar-refractivity contribution >= 4 is 45.7 Å². The first-order chi connectivity index (χ1) is 11.2. The molecule has 0 saturated heterocycles. The summed E-state index contributed by atoms with van der Waals surface area (Å²) < 4.78 is 0. The summed E-state index contributed by atoms with van der Waals surface area (Å²) >= 11 is 18.5. The van der Waals surface area contributed by atoms with E-state index in [-0.39, 0.29) is 5.28 Å². The first-order valence-electron chi connectivity index (χ1n) is 7.18. The minimum absolute atomic E-state index is 0.103. The lowest BCUT2D eigenvalue weighted by atomic mass is 9.92. The molecular formula is C17H14Cl3N3O. The van der Waals surface area contributed by atoms with Crippen molar-refractivity contribution in [2.24, 2.45) is 0 Å². The summed E-state index contributed by atoms with van der Waals surface area (Å²) in [5.41, 5.74) is 2.47. The molecule has 2 aromatic heterocycles. The molecule has 1 N–H and O–H groups in total. The van der Waals surface area contributed by atoms with Gasteiger partial charge in [-0.05, 0) is 50.1 Å². The molecule has 0 fully saturated rings. The van der Waals surface area contributed by atoms with Crippen molar-refractivity contribution < 1.29 is 5.11 Å². The van der Waals surface area contributed by atoms with Gasteiger partial charge in [0, 0.05) is 22.7 Å². The monoisotopic (exact) mass is 381 g/mol. The Balaban J connectivity index is 2.33. The predicted octanol–water partition coefficient (Wildman–Crippen LogP) is 5.19. The summed E-state index contributed by atoms with van der Waals surface area (Å²) in [7, 11) is 0. The molecular weight excluding hydrogens is 369 g/mol. The van der Waals surface area contributed by atoms with Crippen molar-refractivity contribution in [1.29, 1.82) is 0 Å². The standard InChI is InChI=1S/C17H14Cl3N3O/c1-8-10-4-9(14-13(19)7-22-16(20)23-14)5-12(18)15(10)21-6-11(8)17(2,3)24/h4-7,24H,1-3H3. The van der Waals surface area contributed by atoms with Crippen LogP contribution in [-0.2, 0) is 5.60 Å².